The number of aromatic hydroxyl groups is 1. The SMILES string of the molecule is Oc1cc(Cl)nc2cc(Br)ccc12. The van der Waals surface area contributed by atoms with Crippen molar-refractivity contribution in [2.24, 2.45) is 0 Å². The second-order valence-electron chi connectivity index (χ2n) is 2.63. The van der Waals surface area contributed by atoms with Crippen LogP contribution in [-0.2, 0) is 0 Å². The third-order valence-corrected chi connectivity index (χ3v) is 2.41. The molecule has 13 heavy (non-hydrogen) atoms. The van der Waals surface area contributed by atoms with Crippen LogP contribution >= 0.6 is 27.5 Å². The lowest BCUT2D eigenvalue weighted by molar-refractivity contribution is 0.481. The highest BCUT2D eigenvalue weighted by Crippen LogP contribution is 2.28. The zero-order chi connectivity index (χ0) is 9.42. The van der Waals surface area contributed by atoms with Crippen LogP contribution in [0.3, 0.4) is 0 Å². The van der Waals surface area contributed by atoms with Gasteiger partial charge in [0, 0.05) is 15.9 Å². The Hall–Kier alpha value is -0.800. The molecule has 1 aromatic carbocycles. The minimum Gasteiger partial charge on any atom is -0.507 e. The van der Waals surface area contributed by atoms with Gasteiger partial charge in [0.1, 0.15) is 10.9 Å². The van der Waals surface area contributed by atoms with Gasteiger partial charge in [0.15, 0.2) is 0 Å². The first-order chi connectivity index (χ1) is 6.16. The first-order valence-corrected chi connectivity index (χ1v) is 4.79. The lowest BCUT2D eigenvalue weighted by atomic mass is 10.2. The van der Waals surface area contributed by atoms with Crippen LogP contribution in [0.5, 0.6) is 5.75 Å². The number of rotatable bonds is 0. The Bertz CT molecular complexity index is 467. The number of hydrogen-bond donors (Lipinski definition) is 1. The molecule has 2 aromatic rings. The molecule has 1 heterocycles. The molecule has 0 radical (unpaired) electrons. The molecule has 0 aliphatic carbocycles. The molecule has 0 aliphatic rings. The summed E-state index contributed by atoms with van der Waals surface area (Å²) in [7, 11) is 0. The van der Waals surface area contributed by atoms with Gasteiger partial charge in [0.2, 0.25) is 0 Å². The molecule has 0 unspecified atom stereocenters. The first-order valence-electron chi connectivity index (χ1n) is 3.61. The average Bonchev–Trinajstić information content (AvgIpc) is 2.02. The van der Waals surface area contributed by atoms with Crippen LogP contribution in [0.25, 0.3) is 10.9 Å². The fourth-order valence-corrected chi connectivity index (χ4v) is 1.70. The lowest BCUT2D eigenvalue weighted by Crippen LogP contribution is -1.80. The number of pyridine rings is 1. The van der Waals surface area contributed by atoms with E-state index in [1.165, 1.54) is 6.07 Å². The van der Waals surface area contributed by atoms with Gasteiger partial charge in [-0.15, -0.1) is 0 Å². The van der Waals surface area contributed by atoms with Crippen molar-refractivity contribution in [1.82, 2.24) is 4.98 Å². The minimum absolute atomic E-state index is 0.155. The number of aromatic nitrogens is 1. The van der Waals surface area contributed by atoms with Crippen molar-refractivity contribution in [3.05, 3.63) is 33.9 Å². The van der Waals surface area contributed by atoms with Crippen LogP contribution in [0.15, 0.2) is 28.7 Å². The Morgan fingerprint density at radius 1 is 1.31 bits per heavy atom. The van der Waals surface area contributed by atoms with Crippen molar-refractivity contribution in [2.75, 3.05) is 0 Å². The van der Waals surface area contributed by atoms with Crippen LogP contribution in [-0.4, -0.2) is 10.1 Å². The number of halogens is 2. The maximum atomic E-state index is 9.50. The Kier molecular flexibility index (Phi) is 2.14. The molecule has 0 aliphatic heterocycles. The van der Waals surface area contributed by atoms with Crippen molar-refractivity contribution in [3.63, 3.8) is 0 Å². The van der Waals surface area contributed by atoms with Crippen molar-refractivity contribution < 1.29 is 5.11 Å². The Labute approximate surface area is 88.3 Å². The molecule has 0 saturated carbocycles. The van der Waals surface area contributed by atoms with E-state index in [-0.39, 0.29) is 5.75 Å². The topological polar surface area (TPSA) is 33.1 Å². The van der Waals surface area contributed by atoms with Gasteiger partial charge in [-0.2, -0.15) is 0 Å². The van der Waals surface area contributed by atoms with Gasteiger partial charge < -0.3 is 5.11 Å². The fraction of sp³-hybridized carbons (Fsp3) is 0. The standard InChI is InChI=1S/C9H5BrClNO/c10-5-1-2-6-7(3-5)12-9(11)4-8(6)13/h1-4H,(H,12,13). The van der Waals surface area contributed by atoms with Crippen molar-refractivity contribution in [2.45, 2.75) is 0 Å². The highest BCUT2D eigenvalue weighted by molar-refractivity contribution is 9.10. The summed E-state index contributed by atoms with van der Waals surface area (Å²) in [6.45, 7) is 0. The van der Waals surface area contributed by atoms with Gasteiger partial charge in [0.25, 0.3) is 0 Å². The fourth-order valence-electron chi connectivity index (χ4n) is 1.15. The zero-order valence-electron chi connectivity index (χ0n) is 6.46. The summed E-state index contributed by atoms with van der Waals surface area (Å²) in [6.07, 6.45) is 0. The Balaban J connectivity index is 2.86. The van der Waals surface area contributed by atoms with E-state index in [4.69, 9.17) is 11.6 Å². The Morgan fingerprint density at radius 2 is 2.08 bits per heavy atom. The predicted octanol–water partition coefficient (Wildman–Crippen LogP) is 3.36. The number of fused-ring (bicyclic) bond motifs is 1. The highest BCUT2D eigenvalue weighted by atomic mass is 79.9. The molecule has 2 nitrogen and oxygen atoms in total. The van der Waals surface area contributed by atoms with Crippen LogP contribution in [0.1, 0.15) is 0 Å². The van der Waals surface area contributed by atoms with E-state index in [0.717, 1.165) is 4.47 Å². The molecule has 2 rings (SSSR count). The summed E-state index contributed by atoms with van der Waals surface area (Å²) in [4.78, 5) is 4.07. The second-order valence-corrected chi connectivity index (χ2v) is 3.93. The molecule has 0 saturated heterocycles. The zero-order valence-corrected chi connectivity index (χ0v) is 8.80. The van der Waals surface area contributed by atoms with Crippen molar-refractivity contribution >= 4 is 38.4 Å². The summed E-state index contributed by atoms with van der Waals surface area (Å²) in [5.74, 6) is 0.155. The molecular weight excluding hydrogens is 253 g/mol. The third-order valence-electron chi connectivity index (χ3n) is 1.72. The maximum Gasteiger partial charge on any atom is 0.133 e. The van der Waals surface area contributed by atoms with Gasteiger partial charge in [-0.1, -0.05) is 27.5 Å². The lowest BCUT2D eigenvalue weighted by Gasteiger charge is -2.01. The largest absolute Gasteiger partial charge is 0.507 e. The smallest absolute Gasteiger partial charge is 0.133 e. The van der Waals surface area contributed by atoms with Crippen LogP contribution in [0.2, 0.25) is 5.15 Å². The monoisotopic (exact) mass is 257 g/mol. The Morgan fingerprint density at radius 3 is 2.85 bits per heavy atom. The number of hydrogen-bond acceptors (Lipinski definition) is 2. The second kappa shape index (κ2) is 3.16. The van der Waals surface area contributed by atoms with Gasteiger partial charge in [-0.25, -0.2) is 4.98 Å². The van der Waals surface area contributed by atoms with Gasteiger partial charge >= 0.3 is 0 Å². The predicted molar refractivity (Wildman–Crippen MR) is 56.1 cm³/mol. The van der Waals surface area contributed by atoms with Gasteiger partial charge in [0.05, 0.1) is 5.52 Å². The molecule has 0 atom stereocenters. The average molecular weight is 259 g/mol. The molecule has 0 amide bonds. The summed E-state index contributed by atoms with van der Waals surface area (Å²) < 4.78 is 0.911. The summed E-state index contributed by atoms with van der Waals surface area (Å²) in [5.41, 5.74) is 0.680. The third kappa shape index (κ3) is 1.62. The van der Waals surface area contributed by atoms with Crippen molar-refractivity contribution in [3.8, 4) is 5.75 Å². The van der Waals surface area contributed by atoms with Gasteiger partial charge in [-0.05, 0) is 18.2 Å². The quantitative estimate of drug-likeness (QED) is 0.735. The molecule has 66 valence electrons. The van der Waals surface area contributed by atoms with E-state index < -0.39 is 0 Å². The number of benzene rings is 1. The van der Waals surface area contributed by atoms with Gasteiger partial charge in [-0.3, -0.25) is 0 Å². The molecule has 0 spiro atoms. The van der Waals surface area contributed by atoms with E-state index in [9.17, 15) is 5.11 Å². The van der Waals surface area contributed by atoms with E-state index >= 15 is 0 Å². The molecule has 0 fully saturated rings. The summed E-state index contributed by atoms with van der Waals surface area (Å²) >= 11 is 9.01. The summed E-state index contributed by atoms with van der Waals surface area (Å²) in [6, 6.07) is 6.87. The molecule has 1 N–H and O–H groups in total. The summed E-state index contributed by atoms with van der Waals surface area (Å²) in [5, 5.41) is 10.5. The van der Waals surface area contributed by atoms with E-state index in [1.807, 2.05) is 6.07 Å². The van der Waals surface area contributed by atoms with Crippen molar-refractivity contribution in [1.29, 1.82) is 0 Å². The van der Waals surface area contributed by atoms with E-state index in [0.29, 0.717) is 16.1 Å². The normalized spacial score (nSPS) is 10.6. The van der Waals surface area contributed by atoms with Crippen LogP contribution in [0, 0.1) is 0 Å². The first kappa shape index (κ1) is 8.78. The van der Waals surface area contributed by atoms with Crippen LogP contribution in [0.4, 0.5) is 0 Å². The highest BCUT2D eigenvalue weighted by Gasteiger charge is 2.03. The molecular formula is C9H5BrClNO. The molecule has 0 bridgehead atoms. The number of nitrogens with zero attached hydrogens (tertiary/aromatic N) is 1. The minimum atomic E-state index is 0.155. The maximum absolute atomic E-state index is 9.50. The van der Waals surface area contributed by atoms with E-state index in [2.05, 4.69) is 20.9 Å². The molecule has 1 aromatic heterocycles. The van der Waals surface area contributed by atoms with Crippen LogP contribution < -0.4 is 0 Å². The molecule has 4 heteroatoms. The van der Waals surface area contributed by atoms with E-state index in [1.54, 1.807) is 12.1 Å².